The number of benzene rings is 2. The highest BCUT2D eigenvalue weighted by atomic mass is 35.5. The first-order valence-electron chi connectivity index (χ1n) is 6.79. The Morgan fingerprint density at radius 2 is 1.92 bits per heavy atom. The fourth-order valence-corrected chi connectivity index (χ4v) is 3.23. The van der Waals surface area contributed by atoms with Gasteiger partial charge in [-0.05, 0) is 30.3 Å². The number of carbonyl (C=O) groups excluding carboxylic acids is 1. The third-order valence-electron chi connectivity index (χ3n) is 3.21. The van der Waals surface area contributed by atoms with Crippen LogP contribution in [-0.4, -0.2) is 10.9 Å². The standard InChI is InChI=1S/C17H9Cl2N3OS/c18-12-5-6-13(14(19)7-12)16(23)22-17-21-15(9-24-17)11-3-1-10(8-20)2-4-11/h1-7,9H,(H,21,22,23). The summed E-state index contributed by atoms with van der Waals surface area (Å²) in [5.74, 6) is -0.350. The van der Waals surface area contributed by atoms with Crippen LogP contribution in [0.4, 0.5) is 5.13 Å². The van der Waals surface area contributed by atoms with Gasteiger partial charge in [-0.2, -0.15) is 5.26 Å². The summed E-state index contributed by atoms with van der Waals surface area (Å²) >= 11 is 13.2. The molecule has 1 amide bonds. The van der Waals surface area contributed by atoms with Gasteiger partial charge in [-0.25, -0.2) is 4.98 Å². The van der Waals surface area contributed by atoms with Gasteiger partial charge in [0.2, 0.25) is 0 Å². The molecular weight excluding hydrogens is 365 g/mol. The summed E-state index contributed by atoms with van der Waals surface area (Å²) in [7, 11) is 0. The van der Waals surface area contributed by atoms with Crippen LogP contribution in [0.5, 0.6) is 0 Å². The van der Waals surface area contributed by atoms with Crippen LogP contribution in [0.3, 0.4) is 0 Å². The Balaban J connectivity index is 1.78. The van der Waals surface area contributed by atoms with Gasteiger partial charge in [0.1, 0.15) is 0 Å². The Morgan fingerprint density at radius 1 is 1.17 bits per heavy atom. The van der Waals surface area contributed by atoms with E-state index >= 15 is 0 Å². The van der Waals surface area contributed by atoms with Crippen molar-refractivity contribution in [2.45, 2.75) is 0 Å². The molecule has 3 aromatic rings. The number of hydrogen-bond acceptors (Lipinski definition) is 4. The van der Waals surface area contributed by atoms with E-state index in [1.165, 1.54) is 17.4 Å². The minimum atomic E-state index is -0.350. The second-order valence-electron chi connectivity index (χ2n) is 4.81. The van der Waals surface area contributed by atoms with Crippen LogP contribution in [0.2, 0.25) is 10.0 Å². The van der Waals surface area contributed by atoms with Gasteiger partial charge in [0.05, 0.1) is 27.9 Å². The fraction of sp³-hybridized carbons (Fsp3) is 0. The normalized spacial score (nSPS) is 10.2. The number of amides is 1. The van der Waals surface area contributed by atoms with E-state index in [9.17, 15) is 4.79 Å². The molecule has 0 bridgehead atoms. The van der Waals surface area contributed by atoms with Crippen LogP contribution in [0, 0.1) is 11.3 Å². The van der Waals surface area contributed by atoms with E-state index in [1.807, 2.05) is 17.5 Å². The Bertz CT molecular complexity index is 945. The maximum absolute atomic E-state index is 12.3. The van der Waals surface area contributed by atoms with Crippen LogP contribution in [-0.2, 0) is 0 Å². The van der Waals surface area contributed by atoms with Gasteiger partial charge in [0.25, 0.3) is 5.91 Å². The van der Waals surface area contributed by atoms with Crippen LogP contribution in [0.25, 0.3) is 11.3 Å². The lowest BCUT2D eigenvalue weighted by molar-refractivity contribution is 0.102. The summed E-state index contributed by atoms with van der Waals surface area (Å²) < 4.78 is 0. The summed E-state index contributed by atoms with van der Waals surface area (Å²) in [5.41, 5.74) is 2.51. The molecule has 4 nitrogen and oxygen atoms in total. The van der Waals surface area contributed by atoms with E-state index in [2.05, 4.69) is 16.4 Å². The zero-order valence-corrected chi connectivity index (χ0v) is 14.4. The number of rotatable bonds is 3. The van der Waals surface area contributed by atoms with Crippen molar-refractivity contribution in [2.75, 3.05) is 5.32 Å². The minimum Gasteiger partial charge on any atom is -0.298 e. The number of nitrogens with one attached hydrogen (secondary N) is 1. The molecular formula is C17H9Cl2N3OS. The smallest absolute Gasteiger partial charge is 0.258 e. The molecule has 0 atom stereocenters. The predicted molar refractivity (Wildman–Crippen MR) is 96.7 cm³/mol. The highest BCUT2D eigenvalue weighted by molar-refractivity contribution is 7.14. The highest BCUT2D eigenvalue weighted by Crippen LogP contribution is 2.27. The molecule has 1 heterocycles. The molecule has 0 spiro atoms. The largest absolute Gasteiger partial charge is 0.298 e. The van der Waals surface area contributed by atoms with Gasteiger partial charge in [-0.1, -0.05) is 35.3 Å². The van der Waals surface area contributed by atoms with Crippen molar-refractivity contribution >= 4 is 45.6 Å². The Labute approximate surface area is 152 Å². The summed E-state index contributed by atoms with van der Waals surface area (Å²) in [6, 6.07) is 13.8. The van der Waals surface area contributed by atoms with Crippen molar-refractivity contribution in [3.63, 3.8) is 0 Å². The van der Waals surface area contributed by atoms with Gasteiger partial charge in [-0.15, -0.1) is 11.3 Å². The molecule has 1 N–H and O–H groups in total. The second-order valence-corrected chi connectivity index (χ2v) is 6.51. The average Bonchev–Trinajstić information content (AvgIpc) is 3.03. The van der Waals surface area contributed by atoms with Gasteiger partial charge >= 0.3 is 0 Å². The number of aromatic nitrogens is 1. The van der Waals surface area contributed by atoms with Crippen molar-refractivity contribution < 1.29 is 4.79 Å². The maximum atomic E-state index is 12.3. The summed E-state index contributed by atoms with van der Waals surface area (Å²) in [5, 5.41) is 14.6. The molecule has 0 saturated carbocycles. The van der Waals surface area contributed by atoms with E-state index in [0.717, 1.165) is 11.3 Å². The van der Waals surface area contributed by atoms with Gasteiger partial charge in [-0.3, -0.25) is 10.1 Å². The first-order valence-corrected chi connectivity index (χ1v) is 8.43. The maximum Gasteiger partial charge on any atom is 0.258 e. The summed E-state index contributed by atoms with van der Waals surface area (Å²) in [6.45, 7) is 0. The molecule has 7 heteroatoms. The van der Waals surface area contributed by atoms with Gasteiger partial charge in [0.15, 0.2) is 5.13 Å². The molecule has 0 aliphatic heterocycles. The molecule has 3 rings (SSSR count). The molecule has 0 aliphatic rings. The van der Waals surface area contributed by atoms with Crippen molar-refractivity contribution in [3.8, 4) is 17.3 Å². The molecule has 0 unspecified atom stereocenters. The van der Waals surface area contributed by atoms with Crippen LogP contribution < -0.4 is 5.32 Å². The molecule has 0 radical (unpaired) electrons. The third-order valence-corrected chi connectivity index (χ3v) is 4.52. The molecule has 118 valence electrons. The van der Waals surface area contributed by atoms with Gasteiger partial charge < -0.3 is 0 Å². The van der Waals surface area contributed by atoms with E-state index in [0.29, 0.717) is 21.3 Å². The lowest BCUT2D eigenvalue weighted by atomic mass is 10.1. The van der Waals surface area contributed by atoms with E-state index in [1.54, 1.807) is 24.3 Å². The van der Waals surface area contributed by atoms with Gasteiger partial charge in [0, 0.05) is 16.0 Å². The zero-order chi connectivity index (χ0) is 17.1. The second kappa shape index (κ2) is 7.02. The average molecular weight is 374 g/mol. The Hall–Kier alpha value is -2.39. The Morgan fingerprint density at radius 3 is 2.58 bits per heavy atom. The molecule has 0 saturated heterocycles. The van der Waals surface area contributed by atoms with Crippen LogP contribution >= 0.6 is 34.5 Å². The lowest BCUT2D eigenvalue weighted by Gasteiger charge is -2.04. The molecule has 0 aliphatic carbocycles. The predicted octanol–water partition coefficient (Wildman–Crippen LogP) is 5.24. The number of anilines is 1. The molecule has 24 heavy (non-hydrogen) atoms. The van der Waals surface area contributed by atoms with E-state index in [4.69, 9.17) is 28.5 Å². The van der Waals surface area contributed by atoms with E-state index < -0.39 is 0 Å². The van der Waals surface area contributed by atoms with E-state index in [-0.39, 0.29) is 10.9 Å². The van der Waals surface area contributed by atoms with Crippen molar-refractivity contribution in [1.82, 2.24) is 4.98 Å². The summed E-state index contributed by atoms with van der Waals surface area (Å²) in [4.78, 5) is 16.7. The zero-order valence-electron chi connectivity index (χ0n) is 12.1. The van der Waals surface area contributed by atoms with Crippen LogP contribution in [0.1, 0.15) is 15.9 Å². The number of halogens is 2. The lowest BCUT2D eigenvalue weighted by Crippen LogP contribution is -2.12. The number of nitrogens with zero attached hydrogens (tertiary/aromatic N) is 2. The van der Waals surface area contributed by atoms with Crippen LogP contribution in [0.15, 0.2) is 47.8 Å². The topological polar surface area (TPSA) is 65.8 Å². The quantitative estimate of drug-likeness (QED) is 0.682. The fourth-order valence-electron chi connectivity index (χ4n) is 2.02. The van der Waals surface area contributed by atoms with Crippen molar-refractivity contribution in [1.29, 1.82) is 5.26 Å². The van der Waals surface area contributed by atoms with Crippen molar-refractivity contribution in [2.24, 2.45) is 0 Å². The molecule has 1 aromatic heterocycles. The minimum absolute atomic E-state index is 0.281. The number of hydrogen-bond donors (Lipinski definition) is 1. The first-order chi connectivity index (χ1) is 11.6. The number of nitriles is 1. The first kappa shape index (κ1) is 16.5. The number of thiazole rings is 1. The summed E-state index contributed by atoms with van der Waals surface area (Å²) in [6.07, 6.45) is 0. The molecule has 0 fully saturated rings. The SMILES string of the molecule is N#Cc1ccc(-c2csc(NC(=O)c3ccc(Cl)cc3Cl)n2)cc1. The highest BCUT2D eigenvalue weighted by Gasteiger charge is 2.13. The monoisotopic (exact) mass is 373 g/mol. The Kier molecular flexibility index (Phi) is 4.81. The number of carbonyl (C=O) groups is 1. The third kappa shape index (κ3) is 3.57. The molecule has 2 aromatic carbocycles. The van der Waals surface area contributed by atoms with Crippen molar-refractivity contribution in [3.05, 3.63) is 69.0 Å².